The molecule has 17 heavy (non-hydrogen) atoms. The lowest BCUT2D eigenvalue weighted by Crippen LogP contribution is -2.10. The Balaban J connectivity index is 2.96. The molecule has 1 amide bonds. The Morgan fingerprint density at radius 2 is 2.12 bits per heavy atom. The lowest BCUT2D eigenvalue weighted by molar-refractivity contribution is -0.111. The van der Waals surface area contributed by atoms with Gasteiger partial charge in [0.25, 0.3) is 0 Å². The normalized spacial score (nSPS) is 10.3. The highest BCUT2D eigenvalue weighted by atomic mass is 19.1. The van der Waals surface area contributed by atoms with E-state index >= 15 is 0 Å². The van der Waals surface area contributed by atoms with Gasteiger partial charge in [0.05, 0.1) is 12.7 Å². The van der Waals surface area contributed by atoms with Crippen LogP contribution in [0, 0.1) is 5.82 Å². The van der Waals surface area contributed by atoms with Gasteiger partial charge in [0.2, 0.25) is 5.91 Å². The van der Waals surface area contributed by atoms with Crippen LogP contribution in [-0.2, 0) is 9.53 Å². The van der Waals surface area contributed by atoms with Crippen LogP contribution in [0.25, 0.3) is 0 Å². The molecule has 1 aromatic carbocycles. The molecule has 0 aliphatic carbocycles. The highest BCUT2D eigenvalue weighted by Crippen LogP contribution is 2.15. The van der Waals surface area contributed by atoms with Gasteiger partial charge in [-0.05, 0) is 31.2 Å². The molecular weight excluding hydrogens is 225 g/mol. The molecule has 1 aromatic rings. The second-order valence-corrected chi connectivity index (χ2v) is 3.18. The van der Waals surface area contributed by atoms with Crippen LogP contribution >= 0.6 is 0 Å². The number of carbonyl (C=O) groups excluding carboxylic acids is 2. The molecule has 0 bridgehead atoms. The van der Waals surface area contributed by atoms with Crippen LogP contribution in [-0.4, -0.2) is 19.0 Å². The van der Waals surface area contributed by atoms with Gasteiger partial charge in [-0.25, -0.2) is 9.18 Å². The van der Waals surface area contributed by atoms with Crippen LogP contribution in [0.1, 0.15) is 17.3 Å². The Morgan fingerprint density at radius 1 is 1.41 bits per heavy atom. The summed E-state index contributed by atoms with van der Waals surface area (Å²) in [6.45, 7) is 1.70. The van der Waals surface area contributed by atoms with Crippen LogP contribution < -0.4 is 5.32 Å². The number of nitrogens with one attached hydrogen (secondary N) is 1. The molecule has 0 aliphatic rings. The second-order valence-electron chi connectivity index (χ2n) is 3.18. The van der Waals surface area contributed by atoms with Crippen LogP contribution in [0.3, 0.4) is 0 Å². The third kappa shape index (κ3) is 3.41. The van der Waals surface area contributed by atoms with Crippen LogP contribution in [0.4, 0.5) is 10.1 Å². The first-order valence-corrected chi connectivity index (χ1v) is 4.90. The molecule has 5 heteroatoms. The van der Waals surface area contributed by atoms with E-state index < -0.39 is 11.8 Å². The maximum atomic E-state index is 13.3. The lowest BCUT2D eigenvalue weighted by atomic mass is 10.2. The predicted octanol–water partition coefficient (Wildman–Crippen LogP) is 2.13. The molecule has 0 heterocycles. The van der Waals surface area contributed by atoms with Gasteiger partial charge in [-0.2, -0.15) is 0 Å². The number of amides is 1. The number of ether oxygens (including phenoxy) is 1. The molecule has 0 saturated carbocycles. The van der Waals surface area contributed by atoms with Crippen molar-refractivity contribution in [1.29, 1.82) is 0 Å². The first kappa shape index (κ1) is 12.9. The Kier molecular flexibility index (Phi) is 4.39. The molecule has 0 atom stereocenters. The fourth-order valence-electron chi connectivity index (χ4n) is 1.20. The van der Waals surface area contributed by atoms with Crippen molar-refractivity contribution in [1.82, 2.24) is 0 Å². The maximum absolute atomic E-state index is 13.3. The van der Waals surface area contributed by atoms with E-state index in [4.69, 9.17) is 0 Å². The summed E-state index contributed by atoms with van der Waals surface area (Å²) in [5, 5.41) is 2.49. The molecule has 0 aromatic heterocycles. The quantitative estimate of drug-likeness (QED) is 0.647. The highest BCUT2D eigenvalue weighted by Gasteiger charge is 2.13. The van der Waals surface area contributed by atoms with E-state index in [1.165, 1.54) is 18.2 Å². The first-order chi connectivity index (χ1) is 8.08. The Hall–Kier alpha value is -2.17. The standard InChI is InChI=1S/C12H12FNO3/c1-3-4-11(15)14-8-5-6-10(13)9(7-8)12(16)17-2/h3-7H,1-2H3,(H,14,15). The van der Waals surface area contributed by atoms with Gasteiger partial charge in [0.1, 0.15) is 5.82 Å². The SMILES string of the molecule is CC=CC(=O)Nc1ccc(F)c(C(=O)OC)c1. The van der Waals surface area contributed by atoms with Crippen LogP contribution in [0.5, 0.6) is 0 Å². The van der Waals surface area contributed by atoms with E-state index in [9.17, 15) is 14.0 Å². The van der Waals surface area contributed by atoms with Crippen molar-refractivity contribution < 1.29 is 18.7 Å². The predicted molar refractivity (Wildman–Crippen MR) is 61.2 cm³/mol. The van der Waals surface area contributed by atoms with E-state index in [0.29, 0.717) is 5.69 Å². The van der Waals surface area contributed by atoms with Crippen molar-refractivity contribution in [3.63, 3.8) is 0 Å². The Labute approximate surface area is 98.1 Å². The van der Waals surface area contributed by atoms with Crippen molar-refractivity contribution in [3.05, 3.63) is 41.7 Å². The van der Waals surface area contributed by atoms with Crippen molar-refractivity contribution >= 4 is 17.6 Å². The minimum absolute atomic E-state index is 0.217. The molecule has 0 radical (unpaired) electrons. The average Bonchev–Trinajstić information content (AvgIpc) is 2.31. The molecule has 0 unspecified atom stereocenters. The summed E-state index contributed by atoms with van der Waals surface area (Å²) in [5.74, 6) is -1.83. The highest BCUT2D eigenvalue weighted by molar-refractivity contribution is 6.00. The van der Waals surface area contributed by atoms with Gasteiger partial charge in [-0.15, -0.1) is 0 Å². The molecule has 1 N–H and O–H groups in total. The Morgan fingerprint density at radius 3 is 2.71 bits per heavy atom. The minimum Gasteiger partial charge on any atom is -0.465 e. The molecule has 4 nitrogen and oxygen atoms in total. The number of allylic oxidation sites excluding steroid dienone is 1. The topological polar surface area (TPSA) is 55.4 Å². The number of rotatable bonds is 3. The number of benzene rings is 1. The van der Waals surface area contributed by atoms with Gasteiger partial charge in [-0.3, -0.25) is 4.79 Å². The number of halogens is 1. The summed E-state index contributed by atoms with van der Waals surface area (Å²) in [7, 11) is 1.16. The first-order valence-electron chi connectivity index (χ1n) is 4.90. The Bertz CT molecular complexity index is 469. The van der Waals surface area contributed by atoms with Gasteiger partial charge in [0.15, 0.2) is 0 Å². The van der Waals surface area contributed by atoms with E-state index in [0.717, 1.165) is 13.2 Å². The molecule has 0 fully saturated rings. The molecule has 0 spiro atoms. The van der Waals surface area contributed by atoms with Crippen molar-refractivity contribution in [2.45, 2.75) is 6.92 Å². The third-order valence-electron chi connectivity index (χ3n) is 1.96. The van der Waals surface area contributed by atoms with Gasteiger partial charge < -0.3 is 10.1 Å². The molecule has 1 rings (SSSR count). The van der Waals surface area contributed by atoms with E-state index in [-0.39, 0.29) is 11.5 Å². The number of hydrogen-bond acceptors (Lipinski definition) is 3. The summed E-state index contributed by atoms with van der Waals surface area (Å²) in [4.78, 5) is 22.4. The fourth-order valence-corrected chi connectivity index (χ4v) is 1.20. The summed E-state index contributed by atoms with van der Waals surface area (Å²) >= 11 is 0. The number of hydrogen-bond donors (Lipinski definition) is 1. The largest absolute Gasteiger partial charge is 0.465 e. The lowest BCUT2D eigenvalue weighted by Gasteiger charge is -2.05. The molecule has 90 valence electrons. The van der Waals surface area contributed by atoms with Crippen molar-refractivity contribution in [3.8, 4) is 0 Å². The zero-order valence-electron chi connectivity index (χ0n) is 9.49. The van der Waals surface area contributed by atoms with E-state index in [2.05, 4.69) is 10.1 Å². The molecule has 0 aliphatic heterocycles. The maximum Gasteiger partial charge on any atom is 0.340 e. The zero-order chi connectivity index (χ0) is 12.8. The van der Waals surface area contributed by atoms with Gasteiger partial charge >= 0.3 is 5.97 Å². The number of carbonyl (C=O) groups is 2. The summed E-state index contributed by atoms with van der Waals surface area (Å²) in [5.41, 5.74) is 0.112. The van der Waals surface area contributed by atoms with E-state index in [1.807, 2.05) is 0 Å². The number of methoxy groups -OCH3 is 1. The van der Waals surface area contributed by atoms with Gasteiger partial charge in [0, 0.05) is 5.69 Å². The van der Waals surface area contributed by atoms with Crippen LogP contribution in [0.2, 0.25) is 0 Å². The average molecular weight is 237 g/mol. The second kappa shape index (κ2) is 5.79. The minimum atomic E-state index is -0.787. The zero-order valence-corrected chi connectivity index (χ0v) is 9.49. The van der Waals surface area contributed by atoms with Crippen molar-refractivity contribution in [2.24, 2.45) is 0 Å². The number of anilines is 1. The van der Waals surface area contributed by atoms with E-state index in [1.54, 1.807) is 13.0 Å². The summed E-state index contributed by atoms with van der Waals surface area (Å²) < 4.78 is 17.7. The smallest absolute Gasteiger partial charge is 0.340 e. The molecular formula is C12H12FNO3. The summed E-state index contributed by atoms with van der Waals surface area (Å²) in [6, 6.07) is 3.68. The fraction of sp³-hybridized carbons (Fsp3) is 0.167. The summed E-state index contributed by atoms with van der Waals surface area (Å²) in [6.07, 6.45) is 2.89. The van der Waals surface area contributed by atoms with Crippen LogP contribution in [0.15, 0.2) is 30.4 Å². The van der Waals surface area contributed by atoms with Gasteiger partial charge in [-0.1, -0.05) is 6.08 Å². The van der Waals surface area contributed by atoms with Crippen molar-refractivity contribution in [2.75, 3.05) is 12.4 Å². The molecule has 0 saturated heterocycles. The third-order valence-corrected chi connectivity index (χ3v) is 1.96. The monoisotopic (exact) mass is 237 g/mol. The number of esters is 1.